The molecule has 1 aliphatic rings. The average Bonchev–Trinajstić information content (AvgIpc) is 3.44. The van der Waals surface area contributed by atoms with Gasteiger partial charge in [-0.1, -0.05) is 12.1 Å². The Labute approximate surface area is 148 Å². The summed E-state index contributed by atoms with van der Waals surface area (Å²) in [7, 11) is 1.39. The van der Waals surface area contributed by atoms with Crippen LogP contribution in [0.1, 0.15) is 24.5 Å². The van der Waals surface area contributed by atoms with E-state index in [0.29, 0.717) is 11.3 Å². The molecule has 1 fully saturated rings. The van der Waals surface area contributed by atoms with E-state index in [0.717, 1.165) is 12.8 Å². The zero-order valence-electron chi connectivity index (χ0n) is 14.0. The summed E-state index contributed by atoms with van der Waals surface area (Å²) in [6, 6.07) is 9.43. The Hall–Kier alpha value is -3.16. The molecule has 8 heteroatoms. The molecule has 0 heterocycles. The standard InChI is InChI=1S/C18H17FN2O5/c1-25-14-8-9-16(15(10-14)21(23)24)26-17(18(22)20-13-6-7-13)11-2-4-12(19)5-3-11/h2-5,8-10,13,17H,6-7H2,1H3,(H,20,22)/t17-/m1/s1. The maximum Gasteiger partial charge on any atom is 0.314 e. The van der Waals surface area contributed by atoms with E-state index in [2.05, 4.69) is 5.32 Å². The van der Waals surface area contributed by atoms with Crippen LogP contribution in [0.4, 0.5) is 10.1 Å². The normalized spacial score (nSPS) is 14.4. The number of nitro benzene ring substituents is 1. The third-order valence-corrected chi connectivity index (χ3v) is 3.94. The molecule has 136 valence electrons. The molecule has 0 unspecified atom stereocenters. The predicted octanol–water partition coefficient (Wildman–Crippen LogP) is 3.14. The maximum atomic E-state index is 13.2. The van der Waals surface area contributed by atoms with Crippen LogP contribution in [0.15, 0.2) is 42.5 Å². The highest BCUT2D eigenvalue weighted by Gasteiger charge is 2.31. The first-order chi connectivity index (χ1) is 12.5. The van der Waals surface area contributed by atoms with Crippen molar-refractivity contribution in [2.24, 2.45) is 0 Å². The number of hydrogen-bond donors (Lipinski definition) is 1. The van der Waals surface area contributed by atoms with Gasteiger partial charge in [0.15, 0.2) is 5.75 Å². The SMILES string of the molecule is COc1ccc(O[C@@H](C(=O)NC2CC2)c2ccc(F)cc2)c([N+](=O)[O-])c1. The lowest BCUT2D eigenvalue weighted by atomic mass is 10.1. The lowest BCUT2D eigenvalue weighted by Gasteiger charge is -2.19. The minimum atomic E-state index is -1.14. The number of hydrogen-bond acceptors (Lipinski definition) is 5. The number of nitrogens with one attached hydrogen (secondary N) is 1. The first-order valence-corrected chi connectivity index (χ1v) is 8.03. The fraction of sp³-hybridized carbons (Fsp3) is 0.278. The van der Waals surface area contributed by atoms with Crippen LogP contribution in [-0.4, -0.2) is 24.0 Å². The number of methoxy groups -OCH3 is 1. The number of carbonyl (C=O) groups is 1. The molecule has 0 aromatic heterocycles. The Morgan fingerprint density at radius 3 is 2.54 bits per heavy atom. The molecule has 3 rings (SSSR count). The van der Waals surface area contributed by atoms with Gasteiger partial charge in [0.25, 0.3) is 5.91 Å². The molecule has 26 heavy (non-hydrogen) atoms. The van der Waals surface area contributed by atoms with E-state index in [9.17, 15) is 19.3 Å². The van der Waals surface area contributed by atoms with Gasteiger partial charge in [-0.25, -0.2) is 4.39 Å². The molecule has 0 spiro atoms. The zero-order valence-corrected chi connectivity index (χ0v) is 14.0. The molecule has 1 N–H and O–H groups in total. The number of rotatable bonds is 7. The van der Waals surface area contributed by atoms with Crippen molar-refractivity contribution in [1.82, 2.24) is 5.32 Å². The summed E-state index contributed by atoms with van der Waals surface area (Å²) in [5.41, 5.74) is 0.0744. The van der Waals surface area contributed by atoms with E-state index in [1.54, 1.807) is 0 Å². The molecule has 7 nitrogen and oxygen atoms in total. The van der Waals surface area contributed by atoms with Gasteiger partial charge in [0, 0.05) is 11.6 Å². The number of ether oxygens (including phenoxy) is 2. The van der Waals surface area contributed by atoms with Gasteiger partial charge >= 0.3 is 5.69 Å². The van der Waals surface area contributed by atoms with Crippen LogP contribution in [0, 0.1) is 15.9 Å². The molecule has 0 saturated heterocycles. The number of carbonyl (C=O) groups excluding carboxylic acids is 1. The largest absolute Gasteiger partial charge is 0.496 e. The van der Waals surface area contributed by atoms with Crippen molar-refractivity contribution < 1.29 is 23.6 Å². The van der Waals surface area contributed by atoms with E-state index in [4.69, 9.17) is 9.47 Å². The second-order valence-corrected chi connectivity index (χ2v) is 5.92. The summed E-state index contributed by atoms with van der Waals surface area (Å²) < 4.78 is 23.9. The molecule has 2 aromatic rings. The van der Waals surface area contributed by atoms with Gasteiger partial charge in [-0.05, 0) is 37.1 Å². The molecule has 0 aliphatic heterocycles. The van der Waals surface area contributed by atoms with Crippen LogP contribution in [0.2, 0.25) is 0 Å². The molecular weight excluding hydrogens is 343 g/mol. The van der Waals surface area contributed by atoms with Gasteiger partial charge in [-0.2, -0.15) is 0 Å². The summed E-state index contributed by atoms with van der Waals surface area (Å²) in [5, 5.41) is 14.1. The van der Waals surface area contributed by atoms with Crippen molar-refractivity contribution in [3.8, 4) is 11.5 Å². The number of nitrogens with zero attached hydrogens (tertiary/aromatic N) is 1. The highest BCUT2D eigenvalue weighted by molar-refractivity contribution is 5.83. The average molecular weight is 360 g/mol. The summed E-state index contributed by atoms with van der Waals surface area (Å²) in [4.78, 5) is 23.3. The first kappa shape index (κ1) is 17.7. The monoisotopic (exact) mass is 360 g/mol. The van der Waals surface area contributed by atoms with Crippen LogP contribution >= 0.6 is 0 Å². The van der Waals surface area contributed by atoms with Crippen molar-refractivity contribution in [1.29, 1.82) is 0 Å². The van der Waals surface area contributed by atoms with Gasteiger partial charge in [0.05, 0.1) is 18.1 Å². The summed E-state index contributed by atoms with van der Waals surface area (Å²) in [6.45, 7) is 0. The number of benzene rings is 2. The molecule has 1 aliphatic carbocycles. The van der Waals surface area contributed by atoms with Crippen LogP contribution < -0.4 is 14.8 Å². The fourth-order valence-electron chi connectivity index (χ4n) is 2.41. The van der Waals surface area contributed by atoms with Crippen molar-refractivity contribution in [2.75, 3.05) is 7.11 Å². The fourth-order valence-corrected chi connectivity index (χ4v) is 2.41. The molecule has 0 bridgehead atoms. The van der Waals surface area contributed by atoms with E-state index < -0.39 is 22.8 Å². The first-order valence-electron chi connectivity index (χ1n) is 8.03. The van der Waals surface area contributed by atoms with E-state index in [1.807, 2.05) is 0 Å². The molecule has 1 atom stereocenters. The lowest BCUT2D eigenvalue weighted by Crippen LogP contribution is -2.34. The summed E-state index contributed by atoms with van der Waals surface area (Å²) in [6.07, 6.45) is 0.623. The van der Waals surface area contributed by atoms with Gasteiger partial charge in [-0.15, -0.1) is 0 Å². The lowest BCUT2D eigenvalue weighted by molar-refractivity contribution is -0.386. The van der Waals surface area contributed by atoms with E-state index in [1.165, 1.54) is 49.6 Å². The van der Waals surface area contributed by atoms with Crippen molar-refractivity contribution in [3.05, 3.63) is 64.0 Å². The van der Waals surface area contributed by atoms with Crippen molar-refractivity contribution in [3.63, 3.8) is 0 Å². The van der Waals surface area contributed by atoms with Gasteiger partial charge in [0.2, 0.25) is 6.10 Å². The highest BCUT2D eigenvalue weighted by Crippen LogP contribution is 2.34. The van der Waals surface area contributed by atoms with E-state index in [-0.39, 0.29) is 17.5 Å². The Bertz CT molecular complexity index is 821. The van der Waals surface area contributed by atoms with E-state index >= 15 is 0 Å². The smallest absolute Gasteiger partial charge is 0.314 e. The topological polar surface area (TPSA) is 90.7 Å². The minimum absolute atomic E-state index is 0.0731. The third-order valence-electron chi connectivity index (χ3n) is 3.94. The second kappa shape index (κ2) is 7.38. The van der Waals surface area contributed by atoms with Crippen LogP contribution in [0.3, 0.4) is 0 Å². The minimum Gasteiger partial charge on any atom is -0.496 e. The maximum absolute atomic E-state index is 13.2. The molecule has 1 saturated carbocycles. The Morgan fingerprint density at radius 2 is 1.96 bits per heavy atom. The van der Waals surface area contributed by atoms with Gasteiger partial charge < -0.3 is 14.8 Å². The van der Waals surface area contributed by atoms with Gasteiger partial charge in [0.1, 0.15) is 11.6 Å². The molecule has 1 amide bonds. The Kier molecular flexibility index (Phi) is 5.01. The number of halogens is 1. The van der Waals surface area contributed by atoms with Crippen LogP contribution in [0.5, 0.6) is 11.5 Å². The third kappa shape index (κ3) is 4.08. The van der Waals surface area contributed by atoms with Crippen molar-refractivity contribution >= 4 is 11.6 Å². The second-order valence-electron chi connectivity index (χ2n) is 5.92. The Morgan fingerprint density at radius 1 is 1.27 bits per heavy atom. The van der Waals surface area contributed by atoms with Gasteiger partial charge in [-0.3, -0.25) is 14.9 Å². The zero-order chi connectivity index (χ0) is 18.7. The quantitative estimate of drug-likeness (QED) is 0.605. The van der Waals surface area contributed by atoms with Crippen molar-refractivity contribution in [2.45, 2.75) is 25.0 Å². The summed E-state index contributed by atoms with van der Waals surface area (Å²) >= 11 is 0. The summed E-state index contributed by atoms with van der Waals surface area (Å²) in [5.74, 6) is -0.657. The Balaban J connectivity index is 1.93. The number of amides is 1. The molecule has 2 aromatic carbocycles. The molecule has 0 radical (unpaired) electrons. The number of nitro groups is 1. The highest BCUT2D eigenvalue weighted by atomic mass is 19.1. The molecular formula is C18H17FN2O5. The van der Waals surface area contributed by atoms with Crippen LogP contribution in [-0.2, 0) is 4.79 Å². The predicted molar refractivity (Wildman–Crippen MR) is 90.6 cm³/mol. The van der Waals surface area contributed by atoms with Crippen LogP contribution in [0.25, 0.3) is 0 Å².